The summed E-state index contributed by atoms with van der Waals surface area (Å²) >= 11 is 0. The zero-order chi connectivity index (χ0) is 13.0. The molecule has 0 aliphatic rings. The van der Waals surface area contributed by atoms with Crippen molar-refractivity contribution in [3.05, 3.63) is 28.6 Å². The number of hydrogen-bond acceptors (Lipinski definition) is 4. The molecule has 94 valence electrons. The Kier molecular flexibility index (Phi) is 4.51. The SMILES string of the molecule is CCOC(=O)c1cc(CN)nc(C)c1C(F)F. The normalized spacial score (nSPS) is 10.7. The summed E-state index contributed by atoms with van der Waals surface area (Å²) in [4.78, 5) is 15.5. The van der Waals surface area contributed by atoms with Crippen molar-refractivity contribution in [2.75, 3.05) is 6.61 Å². The zero-order valence-corrected chi connectivity index (χ0v) is 9.67. The van der Waals surface area contributed by atoms with E-state index < -0.39 is 12.4 Å². The Morgan fingerprint density at radius 2 is 2.24 bits per heavy atom. The van der Waals surface area contributed by atoms with Gasteiger partial charge in [-0.2, -0.15) is 0 Å². The van der Waals surface area contributed by atoms with E-state index in [1.165, 1.54) is 13.0 Å². The minimum atomic E-state index is -2.77. The van der Waals surface area contributed by atoms with Crippen LogP contribution in [0.15, 0.2) is 6.07 Å². The van der Waals surface area contributed by atoms with E-state index in [1.807, 2.05) is 0 Å². The molecule has 1 heterocycles. The molecule has 1 aromatic rings. The molecule has 0 amide bonds. The molecule has 4 nitrogen and oxygen atoms in total. The third kappa shape index (κ3) is 2.97. The number of nitrogens with two attached hydrogens (primary N) is 1. The van der Waals surface area contributed by atoms with Gasteiger partial charge in [0.25, 0.3) is 6.43 Å². The summed E-state index contributed by atoms with van der Waals surface area (Å²) < 4.78 is 30.4. The summed E-state index contributed by atoms with van der Waals surface area (Å²) in [5, 5.41) is 0. The van der Waals surface area contributed by atoms with Crippen LogP contribution < -0.4 is 5.73 Å². The van der Waals surface area contributed by atoms with Gasteiger partial charge in [0.15, 0.2) is 0 Å². The van der Waals surface area contributed by atoms with Crippen LogP contribution in [0.1, 0.15) is 40.7 Å². The van der Waals surface area contributed by atoms with Gasteiger partial charge in [-0.1, -0.05) is 0 Å². The molecule has 0 aliphatic carbocycles. The Bertz CT molecular complexity index is 422. The van der Waals surface area contributed by atoms with Gasteiger partial charge in [-0.25, -0.2) is 13.6 Å². The quantitative estimate of drug-likeness (QED) is 0.822. The first-order valence-electron chi connectivity index (χ1n) is 5.17. The molecule has 2 N–H and O–H groups in total. The fourth-order valence-corrected chi connectivity index (χ4v) is 1.50. The first-order valence-corrected chi connectivity index (χ1v) is 5.17. The molecule has 0 saturated carbocycles. The smallest absolute Gasteiger partial charge is 0.338 e. The monoisotopic (exact) mass is 244 g/mol. The van der Waals surface area contributed by atoms with Crippen molar-refractivity contribution in [3.8, 4) is 0 Å². The highest BCUT2D eigenvalue weighted by Crippen LogP contribution is 2.26. The van der Waals surface area contributed by atoms with Crippen LogP contribution in [0.3, 0.4) is 0 Å². The average Bonchev–Trinajstić information content (AvgIpc) is 2.27. The third-order valence-corrected chi connectivity index (χ3v) is 2.22. The molecule has 0 spiro atoms. The third-order valence-electron chi connectivity index (χ3n) is 2.22. The van der Waals surface area contributed by atoms with Crippen LogP contribution in [-0.4, -0.2) is 17.6 Å². The second kappa shape index (κ2) is 5.67. The first kappa shape index (κ1) is 13.5. The number of nitrogens with zero attached hydrogens (tertiary/aromatic N) is 1. The minimum absolute atomic E-state index is 0.0801. The van der Waals surface area contributed by atoms with Crippen molar-refractivity contribution in [1.29, 1.82) is 0 Å². The van der Waals surface area contributed by atoms with Crippen molar-refractivity contribution in [2.24, 2.45) is 5.73 Å². The molecular weight excluding hydrogens is 230 g/mol. The number of hydrogen-bond donors (Lipinski definition) is 1. The largest absolute Gasteiger partial charge is 0.462 e. The van der Waals surface area contributed by atoms with Crippen LogP contribution in [0.2, 0.25) is 0 Å². The van der Waals surface area contributed by atoms with Crippen molar-refractivity contribution in [1.82, 2.24) is 4.98 Å². The van der Waals surface area contributed by atoms with Gasteiger partial charge in [0, 0.05) is 12.2 Å². The van der Waals surface area contributed by atoms with Crippen LogP contribution in [0.4, 0.5) is 8.78 Å². The lowest BCUT2D eigenvalue weighted by molar-refractivity contribution is 0.0514. The second-order valence-electron chi connectivity index (χ2n) is 3.39. The van der Waals surface area contributed by atoms with Gasteiger partial charge in [-0.3, -0.25) is 4.98 Å². The van der Waals surface area contributed by atoms with Gasteiger partial charge in [-0.15, -0.1) is 0 Å². The Balaban J connectivity index is 3.32. The van der Waals surface area contributed by atoms with Crippen molar-refractivity contribution in [2.45, 2.75) is 26.8 Å². The molecule has 0 atom stereocenters. The highest BCUT2D eigenvalue weighted by Gasteiger charge is 2.23. The Morgan fingerprint density at radius 1 is 1.59 bits per heavy atom. The van der Waals surface area contributed by atoms with Crippen LogP contribution in [0.5, 0.6) is 0 Å². The van der Waals surface area contributed by atoms with Gasteiger partial charge in [0.1, 0.15) is 0 Å². The molecule has 0 radical (unpaired) electrons. The zero-order valence-electron chi connectivity index (χ0n) is 9.67. The summed E-state index contributed by atoms with van der Waals surface area (Å²) in [6.07, 6.45) is -2.77. The maximum Gasteiger partial charge on any atom is 0.338 e. The standard InChI is InChI=1S/C11H14F2N2O2/c1-3-17-11(16)8-4-7(5-14)15-6(2)9(8)10(12)13/h4,10H,3,5,14H2,1-2H3. The van der Waals surface area contributed by atoms with Gasteiger partial charge in [-0.05, 0) is 19.9 Å². The molecule has 1 aromatic heterocycles. The van der Waals surface area contributed by atoms with E-state index in [0.29, 0.717) is 5.69 Å². The van der Waals surface area contributed by atoms with E-state index in [0.717, 1.165) is 0 Å². The summed E-state index contributed by atoms with van der Waals surface area (Å²) in [5.41, 5.74) is 5.33. The molecule has 6 heteroatoms. The number of aryl methyl sites for hydroxylation is 1. The predicted molar refractivity (Wildman–Crippen MR) is 57.8 cm³/mol. The lowest BCUT2D eigenvalue weighted by Crippen LogP contribution is -2.13. The molecule has 0 bridgehead atoms. The summed E-state index contributed by atoms with van der Waals surface area (Å²) in [5.74, 6) is -0.775. The van der Waals surface area contributed by atoms with Crippen LogP contribution in [0.25, 0.3) is 0 Å². The Morgan fingerprint density at radius 3 is 2.71 bits per heavy atom. The highest BCUT2D eigenvalue weighted by molar-refractivity contribution is 5.91. The molecule has 0 aliphatic heterocycles. The number of aromatic nitrogens is 1. The van der Waals surface area contributed by atoms with Crippen molar-refractivity contribution in [3.63, 3.8) is 0 Å². The molecule has 0 saturated heterocycles. The van der Waals surface area contributed by atoms with Gasteiger partial charge < -0.3 is 10.5 Å². The van der Waals surface area contributed by atoms with E-state index in [4.69, 9.17) is 10.5 Å². The molecule has 0 unspecified atom stereocenters. The lowest BCUT2D eigenvalue weighted by Gasteiger charge is -2.12. The fourth-order valence-electron chi connectivity index (χ4n) is 1.50. The van der Waals surface area contributed by atoms with Crippen LogP contribution in [0, 0.1) is 6.92 Å². The van der Waals surface area contributed by atoms with E-state index in [9.17, 15) is 13.6 Å². The maximum atomic E-state index is 12.8. The topological polar surface area (TPSA) is 65.2 Å². The van der Waals surface area contributed by atoms with Gasteiger partial charge in [0.2, 0.25) is 0 Å². The summed E-state index contributed by atoms with van der Waals surface area (Å²) in [6.45, 7) is 3.23. The van der Waals surface area contributed by atoms with Gasteiger partial charge >= 0.3 is 5.97 Å². The van der Waals surface area contributed by atoms with E-state index in [-0.39, 0.29) is 30.0 Å². The average molecular weight is 244 g/mol. The maximum absolute atomic E-state index is 12.8. The van der Waals surface area contributed by atoms with E-state index in [1.54, 1.807) is 6.92 Å². The van der Waals surface area contributed by atoms with E-state index in [2.05, 4.69) is 4.98 Å². The van der Waals surface area contributed by atoms with Crippen molar-refractivity contribution >= 4 is 5.97 Å². The van der Waals surface area contributed by atoms with Gasteiger partial charge in [0.05, 0.1) is 23.4 Å². The summed E-state index contributed by atoms with van der Waals surface area (Å²) in [7, 11) is 0. The van der Waals surface area contributed by atoms with E-state index >= 15 is 0 Å². The number of halogens is 2. The Labute approximate surface area is 97.8 Å². The fraction of sp³-hybridized carbons (Fsp3) is 0.455. The number of carbonyl (C=O) groups excluding carboxylic acids is 1. The summed E-state index contributed by atoms with van der Waals surface area (Å²) in [6, 6.07) is 1.26. The molecule has 0 fully saturated rings. The number of ether oxygens (including phenoxy) is 1. The number of carbonyl (C=O) groups is 1. The predicted octanol–water partition coefficient (Wildman–Crippen LogP) is 1.96. The number of esters is 1. The van der Waals surface area contributed by atoms with Crippen LogP contribution >= 0.6 is 0 Å². The number of alkyl halides is 2. The number of pyridine rings is 1. The van der Waals surface area contributed by atoms with Crippen molar-refractivity contribution < 1.29 is 18.3 Å². The Hall–Kier alpha value is -1.56. The molecular formula is C11H14F2N2O2. The number of rotatable bonds is 4. The van der Waals surface area contributed by atoms with Crippen LogP contribution in [-0.2, 0) is 11.3 Å². The lowest BCUT2D eigenvalue weighted by atomic mass is 10.1. The molecule has 17 heavy (non-hydrogen) atoms. The molecule has 0 aromatic carbocycles. The molecule has 1 rings (SSSR count). The second-order valence-corrected chi connectivity index (χ2v) is 3.39. The minimum Gasteiger partial charge on any atom is -0.462 e. The highest BCUT2D eigenvalue weighted by atomic mass is 19.3. The first-order chi connectivity index (χ1) is 8.01.